The molecule has 26 heavy (non-hydrogen) atoms. The molecule has 3 aliphatic rings. The van der Waals surface area contributed by atoms with E-state index in [1.54, 1.807) is 0 Å². The summed E-state index contributed by atoms with van der Waals surface area (Å²) in [5, 5.41) is 6.47. The van der Waals surface area contributed by atoms with Crippen molar-refractivity contribution in [3.05, 3.63) is 0 Å². The summed E-state index contributed by atoms with van der Waals surface area (Å²) in [7, 11) is 0. The van der Waals surface area contributed by atoms with Gasteiger partial charge in [0.2, 0.25) is 5.91 Å². The number of ether oxygens (including phenoxy) is 1. The van der Waals surface area contributed by atoms with Crippen LogP contribution in [0.1, 0.15) is 40.0 Å². The van der Waals surface area contributed by atoms with Gasteiger partial charge in [0.25, 0.3) is 0 Å². The number of hydrogen-bond donors (Lipinski definition) is 2. The molecule has 7 heteroatoms. The van der Waals surface area contributed by atoms with Gasteiger partial charge in [-0.3, -0.25) is 14.7 Å². The standard InChI is InChI=1S/C19H35N5O2/c1-4-20-17(21-7-9-23-10-11-26-18(2,3)14-23)24-8-5-6-19(15-24)12-16(25)22-13-19/h4-15H2,1-3H3,(H,20,21)(H,22,25). The van der Waals surface area contributed by atoms with Crippen LogP contribution in [0.4, 0.5) is 0 Å². The first-order valence-corrected chi connectivity index (χ1v) is 10.1. The van der Waals surface area contributed by atoms with Gasteiger partial charge in [0.15, 0.2) is 5.96 Å². The number of likely N-dealkylation sites (tertiary alicyclic amines) is 1. The second-order valence-electron chi connectivity index (χ2n) is 8.60. The maximum absolute atomic E-state index is 11.7. The molecular formula is C19H35N5O2. The van der Waals surface area contributed by atoms with Crippen LogP contribution < -0.4 is 10.6 Å². The van der Waals surface area contributed by atoms with Crippen LogP contribution in [0.15, 0.2) is 4.99 Å². The Hall–Kier alpha value is -1.34. The number of morpholine rings is 1. The SMILES string of the molecule is CCNC(=NCCN1CCOC(C)(C)C1)N1CCCC2(CNC(=O)C2)C1. The third kappa shape index (κ3) is 4.88. The quantitative estimate of drug-likeness (QED) is 0.566. The Morgan fingerprint density at radius 1 is 1.35 bits per heavy atom. The zero-order valence-corrected chi connectivity index (χ0v) is 16.6. The van der Waals surface area contributed by atoms with Crippen molar-refractivity contribution in [1.29, 1.82) is 0 Å². The third-order valence-corrected chi connectivity index (χ3v) is 5.67. The number of aliphatic imine (C=N–C) groups is 1. The second kappa shape index (κ2) is 8.13. The number of carbonyl (C=O) groups excluding carboxylic acids is 1. The van der Waals surface area contributed by atoms with Crippen LogP contribution in [0.5, 0.6) is 0 Å². The average Bonchev–Trinajstić information content (AvgIpc) is 2.93. The van der Waals surface area contributed by atoms with Crippen molar-refractivity contribution in [1.82, 2.24) is 20.4 Å². The number of nitrogens with one attached hydrogen (secondary N) is 2. The molecule has 0 aromatic rings. The first kappa shape index (κ1) is 19.4. The average molecular weight is 366 g/mol. The van der Waals surface area contributed by atoms with Crippen LogP contribution >= 0.6 is 0 Å². The van der Waals surface area contributed by atoms with Crippen molar-refractivity contribution in [2.75, 3.05) is 59.0 Å². The van der Waals surface area contributed by atoms with Crippen LogP contribution in [0.3, 0.4) is 0 Å². The van der Waals surface area contributed by atoms with Crippen molar-refractivity contribution in [3.8, 4) is 0 Å². The predicted octanol–water partition coefficient (Wildman–Crippen LogP) is 0.665. The van der Waals surface area contributed by atoms with E-state index in [4.69, 9.17) is 9.73 Å². The van der Waals surface area contributed by atoms with Crippen molar-refractivity contribution in [3.63, 3.8) is 0 Å². The summed E-state index contributed by atoms with van der Waals surface area (Å²) >= 11 is 0. The molecule has 1 atom stereocenters. The van der Waals surface area contributed by atoms with Crippen molar-refractivity contribution in [2.45, 2.75) is 45.6 Å². The molecule has 0 aromatic heterocycles. The fraction of sp³-hybridized carbons (Fsp3) is 0.895. The first-order chi connectivity index (χ1) is 12.4. The number of hydrogen-bond acceptors (Lipinski definition) is 4. The number of rotatable bonds is 4. The van der Waals surface area contributed by atoms with Gasteiger partial charge in [0.1, 0.15) is 0 Å². The number of guanidine groups is 1. The summed E-state index contributed by atoms with van der Waals surface area (Å²) in [6, 6.07) is 0. The lowest BCUT2D eigenvalue weighted by atomic mass is 9.79. The van der Waals surface area contributed by atoms with Crippen LogP contribution in [0.25, 0.3) is 0 Å². The molecule has 0 aliphatic carbocycles. The number of amides is 1. The topological polar surface area (TPSA) is 69.2 Å². The van der Waals surface area contributed by atoms with E-state index in [9.17, 15) is 4.79 Å². The van der Waals surface area contributed by atoms with Gasteiger partial charge in [-0.1, -0.05) is 0 Å². The molecule has 0 saturated carbocycles. The fourth-order valence-corrected chi connectivity index (χ4v) is 4.46. The Bertz CT molecular complexity index is 536. The molecule has 3 heterocycles. The predicted molar refractivity (Wildman–Crippen MR) is 103 cm³/mol. The largest absolute Gasteiger partial charge is 0.373 e. The lowest BCUT2D eigenvalue weighted by molar-refractivity contribution is -0.119. The highest BCUT2D eigenvalue weighted by molar-refractivity contribution is 5.81. The molecule has 0 bridgehead atoms. The Balaban J connectivity index is 1.57. The molecule has 0 radical (unpaired) electrons. The van der Waals surface area contributed by atoms with Crippen molar-refractivity contribution >= 4 is 11.9 Å². The van der Waals surface area contributed by atoms with E-state index in [2.05, 4.69) is 41.2 Å². The molecule has 0 aromatic carbocycles. The maximum atomic E-state index is 11.7. The Morgan fingerprint density at radius 3 is 2.88 bits per heavy atom. The molecular weight excluding hydrogens is 330 g/mol. The zero-order chi connectivity index (χ0) is 18.6. The van der Waals surface area contributed by atoms with Gasteiger partial charge < -0.3 is 20.3 Å². The number of nitrogens with zero attached hydrogens (tertiary/aromatic N) is 3. The molecule has 3 fully saturated rings. The summed E-state index contributed by atoms with van der Waals surface area (Å²) in [4.78, 5) is 21.4. The van der Waals surface area contributed by atoms with Gasteiger partial charge in [-0.15, -0.1) is 0 Å². The second-order valence-corrected chi connectivity index (χ2v) is 8.60. The normalized spacial score (nSPS) is 29.9. The highest BCUT2D eigenvalue weighted by Crippen LogP contribution is 2.36. The summed E-state index contributed by atoms with van der Waals surface area (Å²) in [5.41, 5.74) is 0.0352. The molecule has 7 nitrogen and oxygen atoms in total. The van der Waals surface area contributed by atoms with Gasteiger partial charge in [0, 0.05) is 57.6 Å². The molecule has 3 rings (SSSR count). The van der Waals surface area contributed by atoms with E-state index in [0.29, 0.717) is 6.42 Å². The van der Waals surface area contributed by atoms with E-state index in [1.807, 2.05) is 0 Å². The van der Waals surface area contributed by atoms with Crippen LogP contribution in [-0.2, 0) is 9.53 Å². The lowest BCUT2D eigenvalue weighted by Crippen LogP contribution is -2.52. The molecule has 1 spiro atoms. The van der Waals surface area contributed by atoms with E-state index in [1.165, 1.54) is 0 Å². The van der Waals surface area contributed by atoms with Crippen molar-refractivity contribution in [2.24, 2.45) is 10.4 Å². The minimum absolute atomic E-state index is 0.0618. The summed E-state index contributed by atoms with van der Waals surface area (Å²) in [6.07, 6.45) is 2.91. The van der Waals surface area contributed by atoms with Crippen LogP contribution in [0.2, 0.25) is 0 Å². The van der Waals surface area contributed by atoms with Crippen LogP contribution in [0, 0.1) is 5.41 Å². The van der Waals surface area contributed by atoms with E-state index < -0.39 is 0 Å². The monoisotopic (exact) mass is 365 g/mol. The molecule has 1 amide bonds. The highest BCUT2D eigenvalue weighted by Gasteiger charge is 2.42. The van der Waals surface area contributed by atoms with Gasteiger partial charge in [-0.25, -0.2) is 0 Å². The van der Waals surface area contributed by atoms with Crippen molar-refractivity contribution < 1.29 is 9.53 Å². The van der Waals surface area contributed by atoms with E-state index in [0.717, 1.165) is 77.8 Å². The molecule has 1 unspecified atom stereocenters. The smallest absolute Gasteiger partial charge is 0.220 e. The lowest BCUT2D eigenvalue weighted by Gasteiger charge is -2.41. The fourth-order valence-electron chi connectivity index (χ4n) is 4.46. The van der Waals surface area contributed by atoms with Gasteiger partial charge in [-0.05, 0) is 33.6 Å². The van der Waals surface area contributed by atoms with Gasteiger partial charge in [-0.2, -0.15) is 0 Å². The van der Waals surface area contributed by atoms with Crippen LogP contribution in [-0.4, -0.2) is 86.2 Å². The Kier molecular flexibility index (Phi) is 6.07. The maximum Gasteiger partial charge on any atom is 0.220 e. The van der Waals surface area contributed by atoms with Gasteiger partial charge in [0.05, 0.1) is 18.8 Å². The number of carbonyl (C=O) groups is 1. The Morgan fingerprint density at radius 2 is 2.19 bits per heavy atom. The highest BCUT2D eigenvalue weighted by atomic mass is 16.5. The number of piperidine rings is 1. The van der Waals surface area contributed by atoms with E-state index >= 15 is 0 Å². The summed E-state index contributed by atoms with van der Waals surface area (Å²) < 4.78 is 5.79. The summed E-state index contributed by atoms with van der Waals surface area (Å²) in [5.74, 6) is 1.20. The minimum atomic E-state index is -0.0618. The minimum Gasteiger partial charge on any atom is -0.373 e. The molecule has 148 valence electrons. The Labute approximate surface area is 157 Å². The molecule has 3 aliphatic heterocycles. The molecule has 2 N–H and O–H groups in total. The van der Waals surface area contributed by atoms with Gasteiger partial charge >= 0.3 is 0 Å². The summed E-state index contributed by atoms with van der Waals surface area (Å²) in [6.45, 7) is 14.5. The van der Waals surface area contributed by atoms with E-state index in [-0.39, 0.29) is 16.9 Å². The third-order valence-electron chi connectivity index (χ3n) is 5.67. The first-order valence-electron chi connectivity index (χ1n) is 10.1. The zero-order valence-electron chi connectivity index (χ0n) is 16.6. The molecule has 3 saturated heterocycles.